The summed E-state index contributed by atoms with van der Waals surface area (Å²) in [6, 6.07) is 11.0. The van der Waals surface area contributed by atoms with Crippen LogP contribution in [0.1, 0.15) is 37.0 Å². The first-order valence-corrected chi connectivity index (χ1v) is 8.24. The topological polar surface area (TPSA) is 20.3 Å². The maximum atomic E-state index is 11.0. The van der Waals surface area contributed by atoms with Crippen molar-refractivity contribution in [3.63, 3.8) is 0 Å². The Morgan fingerprint density at radius 1 is 1.30 bits per heavy atom. The van der Waals surface area contributed by atoms with E-state index in [4.69, 9.17) is 0 Å². The van der Waals surface area contributed by atoms with Gasteiger partial charge >= 0.3 is 0 Å². The zero-order chi connectivity index (χ0) is 13.9. The maximum absolute atomic E-state index is 11.0. The smallest absolute Gasteiger partial charge is 0.131 e. The van der Waals surface area contributed by atoms with Gasteiger partial charge in [0.1, 0.15) is 5.78 Å². The van der Waals surface area contributed by atoms with Crippen molar-refractivity contribution in [2.24, 2.45) is 0 Å². The lowest BCUT2D eigenvalue weighted by Crippen LogP contribution is -2.34. The standard InChI is InChI=1S/C17H21NOS/c1-13(19)6-9-18-10-7-14(8-11-18)17-12-15-4-2-3-5-16(15)20-17/h2-5,12,14H,6-11H2,1H3. The van der Waals surface area contributed by atoms with Crippen LogP contribution in [0, 0.1) is 0 Å². The van der Waals surface area contributed by atoms with E-state index in [1.807, 2.05) is 11.3 Å². The molecule has 0 bridgehead atoms. The lowest BCUT2D eigenvalue weighted by molar-refractivity contribution is -0.117. The minimum absolute atomic E-state index is 0.302. The number of piperidine rings is 1. The second-order valence-corrected chi connectivity index (χ2v) is 6.87. The molecule has 20 heavy (non-hydrogen) atoms. The Morgan fingerprint density at radius 3 is 2.75 bits per heavy atom. The van der Waals surface area contributed by atoms with Crippen molar-refractivity contribution in [2.75, 3.05) is 19.6 Å². The molecule has 0 radical (unpaired) electrons. The summed E-state index contributed by atoms with van der Waals surface area (Å²) in [5.74, 6) is 1.01. The average molecular weight is 287 g/mol. The number of carbonyl (C=O) groups is 1. The second-order valence-electron chi connectivity index (χ2n) is 5.75. The fraction of sp³-hybridized carbons (Fsp3) is 0.471. The Morgan fingerprint density at radius 2 is 2.05 bits per heavy atom. The molecule has 0 saturated carbocycles. The molecule has 0 amide bonds. The first kappa shape index (κ1) is 13.8. The first-order chi connectivity index (χ1) is 9.72. The van der Waals surface area contributed by atoms with Crippen molar-refractivity contribution < 1.29 is 4.79 Å². The third-order valence-electron chi connectivity index (χ3n) is 4.21. The fourth-order valence-electron chi connectivity index (χ4n) is 2.96. The molecule has 2 nitrogen and oxygen atoms in total. The van der Waals surface area contributed by atoms with Gasteiger partial charge in [0.05, 0.1) is 0 Å². The summed E-state index contributed by atoms with van der Waals surface area (Å²) in [5, 5.41) is 1.38. The number of hydrogen-bond acceptors (Lipinski definition) is 3. The maximum Gasteiger partial charge on any atom is 0.131 e. The van der Waals surface area contributed by atoms with Gasteiger partial charge in [0.25, 0.3) is 0 Å². The van der Waals surface area contributed by atoms with Crippen LogP contribution in [0.5, 0.6) is 0 Å². The van der Waals surface area contributed by atoms with E-state index in [1.54, 1.807) is 6.92 Å². The lowest BCUT2D eigenvalue weighted by atomic mass is 9.95. The summed E-state index contributed by atoms with van der Waals surface area (Å²) in [6.45, 7) is 4.89. The van der Waals surface area contributed by atoms with Crippen molar-refractivity contribution in [2.45, 2.75) is 32.1 Å². The van der Waals surface area contributed by atoms with Gasteiger partial charge in [0.15, 0.2) is 0 Å². The van der Waals surface area contributed by atoms with E-state index in [9.17, 15) is 4.79 Å². The molecule has 2 aromatic rings. The molecular weight excluding hydrogens is 266 g/mol. The van der Waals surface area contributed by atoms with Gasteiger partial charge in [-0.2, -0.15) is 0 Å². The zero-order valence-electron chi connectivity index (χ0n) is 12.0. The number of carbonyl (C=O) groups excluding carboxylic acids is 1. The van der Waals surface area contributed by atoms with Gasteiger partial charge in [-0.1, -0.05) is 18.2 Å². The first-order valence-electron chi connectivity index (χ1n) is 7.42. The summed E-state index contributed by atoms with van der Waals surface area (Å²) in [7, 11) is 0. The number of benzene rings is 1. The van der Waals surface area contributed by atoms with Crippen LogP contribution >= 0.6 is 11.3 Å². The van der Waals surface area contributed by atoms with Crippen LogP contribution in [0.15, 0.2) is 30.3 Å². The van der Waals surface area contributed by atoms with E-state index in [0.29, 0.717) is 18.1 Å². The van der Waals surface area contributed by atoms with Crippen LogP contribution in [-0.2, 0) is 4.79 Å². The molecule has 0 N–H and O–H groups in total. The van der Waals surface area contributed by atoms with E-state index in [1.165, 1.54) is 27.8 Å². The van der Waals surface area contributed by atoms with Gasteiger partial charge in [-0.05, 0) is 56.3 Å². The molecule has 0 atom stereocenters. The van der Waals surface area contributed by atoms with E-state index in [2.05, 4.69) is 35.2 Å². The molecule has 1 aliphatic heterocycles. The van der Waals surface area contributed by atoms with Gasteiger partial charge in [-0.3, -0.25) is 4.79 Å². The Bertz CT molecular complexity index is 563. The van der Waals surface area contributed by atoms with Crippen LogP contribution in [0.2, 0.25) is 0 Å². The zero-order valence-corrected chi connectivity index (χ0v) is 12.8. The van der Waals surface area contributed by atoms with E-state index < -0.39 is 0 Å². The summed E-state index contributed by atoms with van der Waals surface area (Å²) in [4.78, 5) is 15.0. The number of likely N-dealkylation sites (tertiary alicyclic amines) is 1. The normalized spacial score (nSPS) is 17.6. The SMILES string of the molecule is CC(=O)CCN1CCC(c2cc3ccccc3s2)CC1. The predicted molar refractivity (Wildman–Crippen MR) is 85.5 cm³/mol. The minimum Gasteiger partial charge on any atom is -0.303 e. The highest BCUT2D eigenvalue weighted by Crippen LogP contribution is 2.36. The number of thiophene rings is 1. The number of Topliss-reactive ketones (excluding diaryl/α,β-unsaturated/α-hetero) is 1. The van der Waals surface area contributed by atoms with Gasteiger partial charge in [0, 0.05) is 22.5 Å². The van der Waals surface area contributed by atoms with Gasteiger partial charge < -0.3 is 4.90 Å². The van der Waals surface area contributed by atoms with Crippen molar-refractivity contribution in [3.05, 3.63) is 35.2 Å². The average Bonchev–Trinajstić information content (AvgIpc) is 2.89. The van der Waals surface area contributed by atoms with Crippen molar-refractivity contribution >= 4 is 27.2 Å². The number of rotatable bonds is 4. The third-order valence-corrected chi connectivity index (χ3v) is 5.49. The largest absolute Gasteiger partial charge is 0.303 e. The number of hydrogen-bond donors (Lipinski definition) is 0. The number of fused-ring (bicyclic) bond motifs is 1. The number of ketones is 1. The Balaban J connectivity index is 1.61. The molecule has 106 valence electrons. The molecule has 1 aliphatic rings. The lowest BCUT2D eigenvalue weighted by Gasteiger charge is -2.31. The highest BCUT2D eigenvalue weighted by atomic mass is 32.1. The Labute approximate surface area is 124 Å². The minimum atomic E-state index is 0.302. The van der Waals surface area contributed by atoms with E-state index in [-0.39, 0.29) is 0 Å². The summed E-state index contributed by atoms with van der Waals surface area (Å²) in [6.07, 6.45) is 3.16. The monoisotopic (exact) mass is 287 g/mol. The molecule has 0 aliphatic carbocycles. The van der Waals surface area contributed by atoms with Crippen LogP contribution in [0.4, 0.5) is 0 Å². The third kappa shape index (κ3) is 3.10. The molecule has 1 aromatic heterocycles. The molecule has 3 rings (SSSR count). The van der Waals surface area contributed by atoms with Gasteiger partial charge in [0.2, 0.25) is 0 Å². The molecule has 2 heterocycles. The van der Waals surface area contributed by atoms with Crippen molar-refractivity contribution in [1.82, 2.24) is 4.90 Å². The van der Waals surface area contributed by atoms with Crippen LogP contribution < -0.4 is 0 Å². The Hall–Kier alpha value is -1.19. The summed E-state index contributed by atoms with van der Waals surface area (Å²) in [5.41, 5.74) is 0. The van der Waals surface area contributed by atoms with Crippen molar-refractivity contribution in [1.29, 1.82) is 0 Å². The molecule has 1 aromatic carbocycles. The van der Waals surface area contributed by atoms with Crippen LogP contribution in [-0.4, -0.2) is 30.3 Å². The van der Waals surface area contributed by atoms with Crippen molar-refractivity contribution in [3.8, 4) is 0 Å². The molecule has 3 heteroatoms. The Kier molecular flexibility index (Phi) is 4.18. The van der Waals surface area contributed by atoms with E-state index >= 15 is 0 Å². The van der Waals surface area contributed by atoms with Gasteiger partial charge in [-0.15, -0.1) is 11.3 Å². The summed E-state index contributed by atoms with van der Waals surface area (Å²) < 4.78 is 1.40. The van der Waals surface area contributed by atoms with Crippen LogP contribution in [0.25, 0.3) is 10.1 Å². The fourth-order valence-corrected chi connectivity index (χ4v) is 4.19. The molecular formula is C17H21NOS. The predicted octanol–water partition coefficient (Wildman–Crippen LogP) is 4.06. The number of nitrogens with zero attached hydrogens (tertiary/aromatic N) is 1. The highest BCUT2D eigenvalue weighted by Gasteiger charge is 2.22. The second kappa shape index (κ2) is 6.06. The van der Waals surface area contributed by atoms with E-state index in [0.717, 1.165) is 19.6 Å². The van der Waals surface area contributed by atoms with Gasteiger partial charge in [-0.25, -0.2) is 0 Å². The quantitative estimate of drug-likeness (QED) is 0.845. The summed E-state index contributed by atoms with van der Waals surface area (Å²) >= 11 is 1.95. The molecule has 1 fully saturated rings. The molecule has 1 saturated heterocycles. The highest BCUT2D eigenvalue weighted by molar-refractivity contribution is 7.19. The van der Waals surface area contributed by atoms with Crippen LogP contribution in [0.3, 0.4) is 0 Å². The molecule has 0 unspecified atom stereocenters. The molecule has 0 spiro atoms.